The van der Waals surface area contributed by atoms with E-state index < -0.39 is 0 Å². The molecule has 1 saturated heterocycles. The summed E-state index contributed by atoms with van der Waals surface area (Å²) in [5, 5.41) is 2.95. The van der Waals surface area contributed by atoms with Gasteiger partial charge in [0.25, 0.3) is 5.91 Å². The molecule has 20 heavy (non-hydrogen) atoms. The van der Waals surface area contributed by atoms with Gasteiger partial charge in [0.05, 0.1) is 5.56 Å². The predicted molar refractivity (Wildman–Crippen MR) is 79.1 cm³/mol. The first-order valence-electron chi connectivity index (χ1n) is 7.16. The van der Waals surface area contributed by atoms with Crippen LogP contribution in [0.4, 0.5) is 5.82 Å². The van der Waals surface area contributed by atoms with E-state index in [1.165, 1.54) is 6.42 Å². The average Bonchev–Trinajstić information content (AvgIpc) is 2.48. The van der Waals surface area contributed by atoms with Crippen molar-refractivity contribution in [1.29, 1.82) is 0 Å². The van der Waals surface area contributed by atoms with E-state index in [0.29, 0.717) is 18.0 Å². The van der Waals surface area contributed by atoms with Gasteiger partial charge in [-0.3, -0.25) is 4.79 Å². The molecular weight excluding hydrogens is 254 g/mol. The molecule has 2 rings (SSSR count). The predicted octanol–water partition coefficient (Wildman–Crippen LogP) is 1.69. The van der Waals surface area contributed by atoms with Crippen molar-refractivity contribution in [2.24, 2.45) is 5.92 Å². The fourth-order valence-electron chi connectivity index (χ4n) is 2.31. The quantitative estimate of drug-likeness (QED) is 0.890. The third-order valence-electron chi connectivity index (χ3n) is 3.56. The summed E-state index contributed by atoms with van der Waals surface area (Å²) in [7, 11) is 3.85. The Balaban J connectivity index is 1.76. The molecule has 0 radical (unpaired) electrons. The van der Waals surface area contributed by atoms with E-state index in [4.69, 9.17) is 4.74 Å². The second kappa shape index (κ2) is 7.24. The van der Waals surface area contributed by atoms with Crippen LogP contribution in [0.1, 0.15) is 29.6 Å². The molecule has 1 aromatic heterocycles. The van der Waals surface area contributed by atoms with Gasteiger partial charge >= 0.3 is 0 Å². The standard InChI is InChI=1S/C15H23N3O2/c1-18(2)14-6-5-13(10-17-14)15(19)16-8-7-12-4-3-9-20-11-12/h5-6,10,12H,3-4,7-9,11H2,1-2H3,(H,16,19)/t12-/m0/s1. The molecule has 1 aromatic rings. The minimum Gasteiger partial charge on any atom is -0.381 e. The minimum atomic E-state index is -0.0560. The molecule has 5 heteroatoms. The largest absolute Gasteiger partial charge is 0.381 e. The number of nitrogens with zero attached hydrogens (tertiary/aromatic N) is 2. The van der Waals surface area contributed by atoms with Gasteiger partial charge in [0, 0.05) is 40.1 Å². The summed E-state index contributed by atoms with van der Waals surface area (Å²) in [6.45, 7) is 2.41. The fourth-order valence-corrected chi connectivity index (χ4v) is 2.31. The lowest BCUT2D eigenvalue weighted by Crippen LogP contribution is -2.28. The van der Waals surface area contributed by atoms with Crippen LogP contribution in [0.2, 0.25) is 0 Å². The highest BCUT2D eigenvalue weighted by Crippen LogP contribution is 2.16. The van der Waals surface area contributed by atoms with Crippen molar-refractivity contribution in [3.05, 3.63) is 23.9 Å². The summed E-state index contributed by atoms with van der Waals surface area (Å²) < 4.78 is 5.43. The normalized spacial score (nSPS) is 18.6. The lowest BCUT2D eigenvalue weighted by Gasteiger charge is -2.21. The molecule has 1 amide bonds. The summed E-state index contributed by atoms with van der Waals surface area (Å²) >= 11 is 0. The van der Waals surface area contributed by atoms with E-state index >= 15 is 0 Å². The molecular formula is C15H23N3O2. The van der Waals surface area contributed by atoms with Gasteiger partial charge in [0.2, 0.25) is 0 Å². The number of carbonyl (C=O) groups excluding carboxylic acids is 1. The Hall–Kier alpha value is -1.62. The molecule has 0 saturated carbocycles. The van der Waals surface area contributed by atoms with E-state index in [-0.39, 0.29) is 5.91 Å². The molecule has 1 fully saturated rings. The molecule has 2 heterocycles. The van der Waals surface area contributed by atoms with Gasteiger partial charge in [0.15, 0.2) is 0 Å². The maximum atomic E-state index is 12.0. The van der Waals surface area contributed by atoms with Crippen LogP contribution in [-0.4, -0.2) is 44.7 Å². The maximum absolute atomic E-state index is 12.0. The molecule has 1 atom stereocenters. The van der Waals surface area contributed by atoms with Crippen molar-refractivity contribution in [3.63, 3.8) is 0 Å². The number of ether oxygens (including phenoxy) is 1. The fraction of sp³-hybridized carbons (Fsp3) is 0.600. The number of hydrogen-bond donors (Lipinski definition) is 1. The van der Waals surface area contributed by atoms with Crippen molar-refractivity contribution in [2.45, 2.75) is 19.3 Å². The Morgan fingerprint density at radius 2 is 2.35 bits per heavy atom. The van der Waals surface area contributed by atoms with Gasteiger partial charge in [-0.05, 0) is 37.3 Å². The van der Waals surface area contributed by atoms with Crippen molar-refractivity contribution in [1.82, 2.24) is 10.3 Å². The molecule has 5 nitrogen and oxygen atoms in total. The summed E-state index contributed by atoms with van der Waals surface area (Å²) in [5.74, 6) is 1.37. The van der Waals surface area contributed by atoms with Crippen molar-refractivity contribution < 1.29 is 9.53 Å². The first kappa shape index (κ1) is 14.8. The zero-order chi connectivity index (χ0) is 14.4. The second-order valence-corrected chi connectivity index (χ2v) is 5.43. The van der Waals surface area contributed by atoms with Crippen LogP contribution in [0.5, 0.6) is 0 Å². The minimum absolute atomic E-state index is 0.0560. The van der Waals surface area contributed by atoms with Crippen LogP contribution >= 0.6 is 0 Å². The monoisotopic (exact) mass is 277 g/mol. The van der Waals surface area contributed by atoms with Crippen molar-refractivity contribution in [2.75, 3.05) is 38.8 Å². The zero-order valence-electron chi connectivity index (χ0n) is 12.3. The highest BCUT2D eigenvalue weighted by molar-refractivity contribution is 5.94. The highest BCUT2D eigenvalue weighted by atomic mass is 16.5. The van der Waals surface area contributed by atoms with Crippen LogP contribution in [0, 0.1) is 5.92 Å². The number of anilines is 1. The summed E-state index contributed by atoms with van der Waals surface area (Å²) in [6, 6.07) is 3.66. The number of nitrogens with one attached hydrogen (secondary N) is 1. The first-order valence-corrected chi connectivity index (χ1v) is 7.16. The van der Waals surface area contributed by atoms with E-state index in [0.717, 1.165) is 31.9 Å². The van der Waals surface area contributed by atoms with Gasteiger partial charge in [0.1, 0.15) is 5.82 Å². The Morgan fingerprint density at radius 1 is 1.50 bits per heavy atom. The van der Waals surface area contributed by atoms with Gasteiger partial charge in [-0.25, -0.2) is 4.98 Å². The zero-order valence-corrected chi connectivity index (χ0v) is 12.3. The molecule has 0 aliphatic carbocycles. The summed E-state index contributed by atoms with van der Waals surface area (Å²) in [6.07, 6.45) is 4.94. The highest BCUT2D eigenvalue weighted by Gasteiger charge is 2.14. The number of pyridine rings is 1. The number of rotatable bonds is 5. The Morgan fingerprint density at radius 3 is 2.95 bits per heavy atom. The van der Waals surface area contributed by atoms with Crippen LogP contribution in [0.3, 0.4) is 0 Å². The lowest BCUT2D eigenvalue weighted by molar-refractivity contribution is 0.0514. The van der Waals surface area contributed by atoms with E-state index in [2.05, 4.69) is 10.3 Å². The van der Waals surface area contributed by atoms with Crippen LogP contribution < -0.4 is 10.2 Å². The van der Waals surface area contributed by atoms with E-state index in [1.54, 1.807) is 12.3 Å². The topological polar surface area (TPSA) is 54.5 Å². The SMILES string of the molecule is CN(C)c1ccc(C(=O)NCC[C@@H]2CCCOC2)cn1. The van der Waals surface area contributed by atoms with Gasteiger partial charge < -0.3 is 15.0 Å². The molecule has 110 valence electrons. The smallest absolute Gasteiger partial charge is 0.252 e. The molecule has 0 aromatic carbocycles. The maximum Gasteiger partial charge on any atom is 0.252 e. The second-order valence-electron chi connectivity index (χ2n) is 5.43. The Bertz CT molecular complexity index is 425. The third kappa shape index (κ3) is 4.20. The van der Waals surface area contributed by atoms with Gasteiger partial charge in [-0.15, -0.1) is 0 Å². The number of aromatic nitrogens is 1. The van der Waals surface area contributed by atoms with Crippen molar-refractivity contribution >= 4 is 11.7 Å². The van der Waals surface area contributed by atoms with Crippen LogP contribution in [0.25, 0.3) is 0 Å². The molecule has 1 aliphatic heterocycles. The van der Waals surface area contributed by atoms with Crippen LogP contribution in [0.15, 0.2) is 18.3 Å². The first-order chi connectivity index (χ1) is 9.66. The third-order valence-corrected chi connectivity index (χ3v) is 3.56. The Labute approximate surface area is 120 Å². The van der Waals surface area contributed by atoms with Gasteiger partial charge in [-0.1, -0.05) is 0 Å². The Kier molecular flexibility index (Phi) is 5.35. The van der Waals surface area contributed by atoms with E-state index in [9.17, 15) is 4.79 Å². The van der Waals surface area contributed by atoms with E-state index in [1.807, 2.05) is 25.1 Å². The lowest BCUT2D eigenvalue weighted by atomic mass is 9.99. The summed E-state index contributed by atoms with van der Waals surface area (Å²) in [4.78, 5) is 18.1. The van der Waals surface area contributed by atoms with Crippen molar-refractivity contribution in [3.8, 4) is 0 Å². The van der Waals surface area contributed by atoms with Gasteiger partial charge in [-0.2, -0.15) is 0 Å². The number of hydrogen-bond acceptors (Lipinski definition) is 4. The molecule has 1 aliphatic rings. The average molecular weight is 277 g/mol. The molecule has 0 unspecified atom stereocenters. The van der Waals surface area contributed by atoms with Crippen LogP contribution in [-0.2, 0) is 4.74 Å². The summed E-state index contributed by atoms with van der Waals surface area (Å²) in [5.41, 5.74) is 0.607. The molecule has 0 bridgehead atoms. The number of amides is 1. The molecule has 1 N–H and O–H groups in total. The number of carbonyl (C=O) groups is 1. The molecule has 0 spiro atoms.